The number of ether oxygens (including phenoxy) is 1. The Morgan fingerprint density at radius 1 is 1.40 bits per heavy atom. The van der Waals surface area contributed by atoms with Crippen molar-refractivity contribution in [3.63, 3.8) is 0 Å². The molecule has 0 spiro atoms. The van der Waals surface area contributed by atoms with Gasteiger partial charge in [-0.3, -0.25) is 0 Å². The Morgan fingerprint density at radius 2 is 2.25 bits per heavy atom. The molecule has 0 bridgehead atoms. The summed E-state index contributed by atoms with van der Waals surface area (Å²) in [6.07, 6.45) is 5.13. The van der Waals surface area contributed by atoms with E-state index in [0.29, 0.717) is 18.3 Å². The lowest BCUT2D eigenvalue weighted by molar-refractivity contribution is 0.00464. The zero-order valence-corrected chi connectivity index (χ0v) is 12.0. The lowest BCUT2D eigenvalue weighted by atomic mass is 9.89. The van der Waals surface area contributed by atoms with Gasteiger partial charge < -0.3 is 10.5 Å². The third-order valence-corrected chi connectivity index (χ3v) is 3.73. The number of nitrogens with two attached hydrogens (primary N) is 1. The lowest BCUT2D eigenvalue weighted by Gasteiger charge is -2.26. The largest absolute Gasteiger partial charge is 0.374 e. The number of hydrogen-bond acceptors (Lipinski definition) is 2. The quantitative estimate of drug-likeness (QED) is 0.860. The smallest absolute Gasteiger partial charge is 0.138 e. The summed E-state index contributed by atoms with van der Waals surface area (Å²) >= 11 is 0. The van der Waals surface area contributed by atoms with Gasteiger partial charge in [0.05, 0.1) is 24.8 Å². The van der Waals surface area contributed by atoms with E-state index in [1.807, 2.05) is 0 Å². The molecule has 2 N–H and O–H groups in total. The molecule has 2 rings (SSSR count). The van der Waals surface area contributed by atoms with Crippen LogP contribution in [0.4, 0.5) is 4.39 Å². The first-order valence-corrected chi connectivity index (χ1v) is 7.28. The fourth-order valence-electron chi connectivity index (χ4n) is 2.65. The van der Waals surface area contributed by atoms with E-state index in [1.165, 1.54) is 18.9 Å². The van der Waals surface area contributed by atoms with Crippen LogP contribution in [0.25, 0.3) is 0 Å². The van der Waals surface area contributed by atoms with Crippen molar-refractivity contribution < 1.29 is 9.13 Å². The second-order valence-electron chi connectivity index (χ2n) is 5.52. The van der Waals surface area contributed by atoms with Gasteiger partial charge in [0.1, 0.15) is 5.82 Å². The molecule has 1 aromatic carbocycles. The highest BCUT2D eigenvalue weighted by atomic mass is 19.1. The molecule has 2 nitrogen and oxygen atoms in total. The summed E-state index contributed by atoms with van der Waals surface area (Å²) in [4.78, 5) is 0. The highest BCUT2D eigenvalue weighted by molar-refractivity contribution is 5.38. The van der Waals surface area contributed by atoms with E-state index in [9.17, 15) is 4.39 Å². The van der Waals surface area contributed by atoms with Crippen molar-refractivity contribution >= 4 is 0 Å². The molecule has 1 aromatic rings. The van der Waals surface area contributed by atoms with Crippen LogP contribution in [0.15, 0.2) is 18.2 Å². The summed E-state index contributed by atoms with van der Waals surface area (Å²) in [6.45, 7) is 3.03. The predicted molar refractivity (Wildman–Crippen MR) is 78.5 cm³/mol. The molecule has 1 fully saturated rings. The summed E-state index contributed by atoms with van der Waals surface area (Å²) in [5, 5.41) is 0. The first-order valence-electron chi connectivity index (χ1n) is 7.28. The molecule has 3 heteroatoms. The van der Waals surface area contributed by atoms with E-state index >= 15 is 0 Å². The maximum Gasteiger partial charge on any atom is 0.138 e. The number of rotatable bonds is 3. The van der Waals surface area contributed by atoms with E-state index < -0.39 is 0 Å². The molecule has 108 valence electrons. The van der Waals surface area contributed by atoms with Crippen molar-refractivity contribution in [3.8, 4) is 11.8 Å². The minimum atomic E-state index is -0.305. The van der Waals surface area contributed by atoms with Crippen LogP contribution in [0, 0.1) is 23.6 Å². The number of benzene rings is 1. The molecule has 0 aliphatic heterocycles. The van der Waals surface area contributed by atoms with E-state index in [0.717, 1.165) is 24.3 Å². The Hall–Kier alpha value is -1.37. The van der Waals surface area contributed by atoms with Gasteiger partial charge in [-0.2, -0.15) is 0 Å². The third kappa shape index (κ3) is 4.33. The Balaban J connectivity index is 1.95. The molecule has 20 heavy (non-hydrogen) atoms. The van der Waals surface area contributed by atoms with E-state index in [4.69, 9.17) is 10.5 Å². The van der Waals surface area contributed by atoms with Crippen molar-refractivity contribution in [3.05, 3.63) is 35.1 Å². The monoisotopic (exact) mass is 275 g/mol. The lowest BCUT2D eigenvalue weighted by Crippen LogP contribution is -2.21. The van der Waals surface area contributed by atoms with Crippen LogP contribution >= 0.6 is 0 Å². The SMILES string of the molecule is CC1CCCC(OCc2ccc(F)c(C#CCN)c2)C1. The third-order valence-electron chi connectivity index (χ3n) is 3.73. The fraction of sp³-hybridized carbons (Fsp3) is 0.529. The van der Waals surface area contributed by atoms with Gasteiger partial charge in [0.15, 0.2) is 0 Å². The summed E-state index contributed by atoms with van der Waals surface area (Å²) in [6, 6.07) is 4.96. The Labute approximate surface area is 120 Å². The second-order valence-corrected chi connectivity index (χ2v) is 5.52. The van der Waals surface area contributed by atoms with Gasteiger partial charge >= 0.3 is 0 Å². The molecule has 2 unspecified atom stereocenters. The van der Waals surface area contributed by atoms with Crippen molar-refractivity contribution in [1.29, 1.82) is 0 Å². The van der Waals surface area contributed by atoms with Crippen LogP contribution in [-0.2, 0) is 11.3 Å². The fourth-order valence-corrected chi connectivity index (χ4v) is 2.65. The molecular weight excluding hydrogens is 253 g/mol. The topological polar surface area (TPSA) is 35.2 Å². The second kappa shape index (κ2) is 7.42. The maximum atomic E-state index is 13.6. The summed E-state index contributed by atoms with van der Waals surface area (Å²) in [7, 11) is 0. The van der Waals surface area contributed by atoms with Crippen LogP contribution in [0.1, 0.15) is 43.7 Å². The molecular formula is C17H22FNO. The minimum absolute atomic E-state index is 0.236. The zero-order valence-electron chi connectivity index (χ0n) is 12.0. The van der Waals surface area contributed by atoms with Crippen molar-refractivity contribution in [1.82, 2.24) is 0 Å². The van der Waals surface area contributed by atoms with Crippen LogP contribution in [0.5, 0.6) is 0 Å². The standard InChI is InChI=1S/C17H22FNO/c1-13-4-2-6-16(10-13)20-12-14-7-8-17(18)15(11-14)5-3-9-19/h7-8,11,13,16H,2,4,6,9-10,12,19H2,1H3. The molecule has 0 heterocycles. The van der Waals surface area contributed by atoms with Gasteiger partial charge in [0, 0.05) is 0 Å². The Morgan fingerprint density at radius 3 is 3.00 bits per heavy atom. The first kappa shape index (κ1) is 15.0. The molecule has 0 radical (unpaired) electrons. The van der Waals surface area contributed by atoms with Crippen LogP contribution in [-0.4, -0.2) is 12.6 Å². The van der Waals surface area contributed by atoms with Gasteiger partial charge in [0.25, 0.3) is 0 Å². The van der Waals surface area contributed by atoms with E-state index in [2.05, 4.69) is 18.8 Å². The average molecular weight is 275 g/mol. The van der Waals surface area contributed by atoms with Gasteiger partial charge in [0.2, 0.25) is 0 Å². The van der Waals surface area contributed by atoms with Gasteiger partial charge in [-0.1, -0.05) is 37.7 Å². The highest BCUT2D eigenvalue weighted by Crippen LogP contribution is 2.26. The molecule has 2 atom stereocenters. The highest BCUT2D eigenvalue weighted by Gasteiger charge is 2.19. The van der Waals surface area contributed by atoms with Crippen LogP contribution in [0.3, 0.4) is 0 Å². The van der Waals surface area contributed by atoms with E-state index in [1.54, 1.807) is 12.1 Å². The molecule has 1 saturated carbocycles. The summed E-state index contributed by atoms with van der Waals surface area (Å²) < 4.78 is 19.5. The van der Waals surface area contributed by atoms with Crippen molar-refractivity contribution in [2.45, 2.75) is 45.3 Å². The van der Waals surface area contributed by atoms with Crippen molar-refractivity contribution in [2.24, 2.45) is 11.7 Å². The minimum Gasteiger partial charge on any atom is -0.374 e. The molecule has 1 aliphatic carbocycles. The molecule has 0 amide bonds. The van der Waals surface area contributed by atoms with Gasteiger partial charge in [-0.05, 0) is 36.5 Å². The zero-order chi connectivity index (χ0) is 14.4. The van der Waals surface area contributed by atoms with Crippen molar-refractivity contribution in [2.75, 3.05) is 6.54 Å². The van der Waals surface area contributed by atoms with Gasteiger partial charge in [-0.15, -0.1) is 0 Å². The van der Waals surface area contributed by atoms with Crippen LogP contribution in [0.2, 0.25) is 0 Å². The first-order chi connectivity index (χ1) is 9.69. The normalized spacial score (nSPS) is 22.1. The Kier molecular flexibility index (Phi) is 5.58. The number of halogens is 1. The molecule has 0 saturated heterocycles. The van der Waals surface area contributed by atoms with Crippen LogP contribution < -0.4 is 5.73 Å². The maximum absolute atomic E-state index is 13.6. The Bertz CT molecular complexity index is 503. The molecule has 1 aliphatic rings. The predicted octanol–water partition coefficient (Wildman–Crippen LogP) is 3.23. The van der Waals surface area contributed by atoms with Gasteiger partial charge in [-0.25, -0.2) is 4.39 Å². The summed E-state index contributed by atoms with van der Waals surface area (Å²) in [5.74, 6) is 5.87. The average Bonchev–Trinajstić information content (AvgIpc) is 2.45. The summed E-state index contributed by atoms with van der Waals surface area (Å²) in [5.41, 5.74) is 6.67. The number of hydrogen-bond donors (Lipinski definition) is 1. The molecule has 0 aromatic heterocycles. The van der Waals surface area contributed by atoms with E-state index in [-0.39, 0.29) is 12.4 Å².